The number of esters is 3. The fourth-order valence-electron chi connectivity index (χ4n) is 10.5. The second-order valence-corrected chi connectivity index (χ2v) is 24.1. The standard InChI is InChI=1S/C77H136O6/c1-4-7-10-13-16-19-21-23-25-27-29-31-33-35-36-37-38-39-40-42-43-45-47-49-51-53-55-58-61-64-67-70-76(79)82-73-74(72-81-75(78)69-66-63-60-57-18-15-12-9-6-3)83-77(80)71-68-65-62-59-56-54-52-50-48-46-44-41-34-32-30-28-26-24-22-20-17-14-11-8-5-2/h7,10,16,19,22-25,28-31,34,41,74H,4-6,8-9,11-15,17-18,20-21,26-27,32-33,35-40,42-73H2,1-3H3/b10-7-,19-16-,24-22-,25-23-,30-28-,31-29-,41-34-. The Bertz CT molecular complexity index is 1570. The van der Waals surface area contributed by atoms with Gasteiger partial charge in [0.15, 0.2) is 6.10 Å². The van der Waals surface area contributed by atoms with Crippen LogP contribution in [0.15, 0.2) is 85.1 Å². The smallest absolute Gasteiger partial charge is 0.306 e. The lowest BCUT2D eigenvalue weighted by molar-refractivity contribution is -0.167. The van der Waals surface area contributed by atoms with Crippen LogP contribution in [0.4, 0.5) is 0 Å². The molecule has 480 valence electrons. The van der Waals surface area contributed by atoms with E-state index in [2.05, 4.69) is 106 Å². The molecule has 0 aliphatic carbocycles. The van der Waals surface area contributed by atoms with E-state index >= 15 is 0 Å². The maximum atomic E-state index is 12.9. The van der Waals surface area contributed by atoms with E-state index in [9.17, 15) is 14.4 Å². The van der Waals surface area contributed by atoms with Crippen molar-refractivity contribution in [3.8, 4) is 0 Å². The predicted octanol–water partition coefficient (Wildman–Crippen LogP) is 25.0. The lowest BCUT2D eigenvalue weighted by Crippen LogP contribution is -2.30. The molecule has 0 aromatic heterocycles. The summed E-state index contributed by atoms with van der Waals surface area (Å²) in [6, 6.07) is 0. The number of allylic oxidation sites excluding steroid dienone is 14. The summed E-state index contributed by atoms with van der Waals surface area (Å²) < 4.78 is 16.9. The lowest BCUT2D eigenvalue weighted by Gasteiger charge is -2.18. The Balaban J connectivity index is 4.11. The van der Waals surface area contributed by atoms with Crippen LogP contribution in [0.2, 0.25) is 0 Å². The van der Waals surface area contributed by atoms with Crippen LogP contribution in [-0.4, -0.2) is 37.2 Å². The van der Waals surface area contributed by atoms with Gasteiger partial charge in [0.1, 0.15) is 13.2 Å². The maximum absolute atomic E-state index is 12.9. The number of hydrogen-bond donors (Lipinski definition) is 0. The van der Waals surface area contributed by atoms with Gasteiger partial charge in [-0.1, -0.05) is 337 Å². The highest BCUT2D eigenvalue weighted by atomic mass is 16.6. The number of hydrogen-bond acceptors (Lipinski definition) is 6. The normalized spacial score (nSPS) is 12.6. The van der Waals surface area contributed by atoms with Gasteiger partial charge in [0.05, 0.1) is 0 Å². The summed E-state index contributed by atoms with van der Waals surface area (Å²) in [5, 5.41) is 0. The van der Waals surface area contributed by atoms with E-state index in [-0.39, 0.29) is 31.1 Å². The first-order valence-corrected chi connectivity index (χ1v) is 36.1. The zero-order valence-electron chi connectivity index (χ0n) is 55.2. The molecular weight excluding hydrogens is 1020 g/mol. The fourth-order valence-corrected chi connectivity index (χ4v) is 10.5. The van der Waals surface area contributed by atoms with Crippen molar-refractivity contribution >= 4 is 17.9 Å². The first kappa shape index (κ1) is 79.6. The monoisotopic (exact) mass is 1160 g/mol. The first-order chi connectivity index (χ1) is 41.0. The first-order valence-electron chi connectivity index (χ1n) is 36.1. The predicted molar refractivity (Wildman–Crippen MR) is 362 cm³/mol. The number of carbonyl (C=O) groups excluding carboxylic acids is 3. The molecule has 0 radical (unpaired) electrons. The van der Waals surface area contributed by atoms with Crippen molar-refractivity contribution < 1.29 is 28.6 Å². The molecule has 0 bridgehead atoms. The summed E-state index contributed by atoms with van der Waals surface area (Å²) in [5.41, 5.74) is 0. The van der Waals surface area contributed by atoms with Crippen molar-refractivity contribution in [3.63, 3.8) is 0 Å². The van der Waals surface area contributed by atoms with Crippen LogP contribution in [0.5, 0.6) is 0 Å². The molecule has 0 N–H and O–H groups in total. The fraction of sp³-hybridized carbons (Fsp3) is 0.779. The van der Waals surface area contributed by atoms with E-state index in [1.807, 2.05) is 0 Å². The summed E-state index contributed by atoms with van der Waals surface area (Å²) in [6.45, 7) is 6.54. The minimum Gasteiger partial charge on any atom is -0.462 e. The third kappa shape index (κ3) is 69.3. The van der Waals surface area contributed by atoms with Crippen LogP contribution in [0.3, 0.4) is 0 Å². The lowest BCUT2D eigenvalue weighted by atomic mass is 10.0. The molecule has 0 aromatic carbocycles. The van der Waals surface area contributed by atoms with Crippen molar-refractivity contribution in [3.05, 3.63) is 85.1 Å². The van der Waals surface area contributed by atoms with Gasteiger partial charge in [-0.05, 0) is 96.3 Å². The summed E-state index contributed by atoms with van der Waals surface area (Å²) in [6.07, 6.45) is 94.9. The van der Waals surface area contributed by atoms with Gasteiger partial charge < -0.3 is 14.2 Å². The van der Waals surface area contributed by atoms with Crippen LogP contribution < -0.4 is 0 Å². The van der Waals surface area contributed by atoms with Crippen molar-refractivity contribution in [1.29, 1.82) is 0 Å². The minimum absolute atomic E-state index is 0.0729. The minimum atomic E-state index is -0.776. The molecule has 6 heteroatoms. The van der Waals surface area contributed by atoms with Crippen LogP contribution in [0, 0.1) is 0 Å². The Morgan fingerprint density at radius 3 is 0.735 bits per heavy atom. The summed E-state index contributed by atoms with van der Waals surface area (Å²) >= 11 is 0. The third-order valence-electron chi connectivity index (χ3n) is 15.9. The SMILES string of the molecule is CC/C=C\C/C=C\C/C=C\C/C=C\CCCCCCCCCCCCCCCCCCCCC(=O)OCC(COC(=O)CCCCCCCCCCC)OC(=O)CCCCCCCCCCCC/C=C\C/C=C\C/C=C\CCCCCCC. The molecular formula is C77H136O6. The highest BCUT2D eigenvalue weighted by Crippen LogP contribution is 2.18. The molecule has 0 fully saturated rings. The molecule has 0 amide bonds. The summed E-state index contributed by atoms with van der Waals surface area (Å²) in [5.74, 6) is -0.860. The second-order valence-electron chi connectivity index (χ2n) is 24.1. The topological polar surface area (TPSA) is 78.9 Å². The van der Waals surface area contributed by atoms with E-state index in [1.54, 1.807) is 0 Å². The maximum Gasteiger partial charge on any atom is 0.306 e. The number of ether oxygens (including phenoxy) is 3. The average Bonchev–Trinajstić information content (AvgIpc) is 3.49. The van der Waals surface area contributed by atoms with Gasteiger partial charge >= 0.3 is 17.9 Å². The Morgan fingerprint density at radius 1 is 0.253 bits per heavy atom. The van der Waals surface area contributed by atoms with Crippen LogP contribution >= 0.6 is 0 Å². The quantitative estimate of drug-likeness (QED) is 0.0261. The van der Waals surface area contributed by atoms with Crippen molar-refractivity contribution in [2.45, 2.75) is 374 Å². The Kier molecular flexibility index (Phi) is 68.2. The van der Waals surface area contributed by atoms with E-state index in [0.717, 1.165) is 96.3 Å². The molecule has 0 heterocycles. The van der Waals surface area contributed by atoms with Gasteiger partial charge in [-0.15, -0.1) is 0 Å². The molecule has 0 saturated carbocycles. The number of carbonyl (C=O) groups is 3. The van der Waals surface area contributed by atoms with Gasteiger partial charge in [0.25, 0.3) is 0 Å². The van der Waals surface area contributed by atoms with Crippen molar-refractivity contribution in [1.82, 2.24) is 0 Å². The molecule has 0 spiro atoms. The van der Waals surface area contributed by atoms with E-state index in [4.69, 9.17) is 14.2 Å². The zero-order valence-corrected chi connectivity index (χ0v) is 55.2. The van der Waals surface area contributed by atoms with E-state index in [1.165, 1.54) is 231 Å². The highest BCUT2D eigenvalue weighted by molar-refractivity contribution is 5.71. The Labute approximate surface area is 515 Å². The molecule has 83 heavy (non-hydrogen) atoms. The largest absolute Gasteiger partial charge is 0.462 e. The van der Waals surface area contributed by atoms with Crippen LogP contribution in [-0.2, 0) is 28.6 Å². The molecule has 0 aliphatic heterocycles. The molecule has 0 saturated heterocycles. The van der Waals surface area contributed by atoms with Gasteiger partial charge in [-0.2, -0.15) is 0 Å². The van der Waals surface area contributed by atoms with Gasteiger partial charge in [-0.25, -0.2) is 0 Å². The Morgan fingerprint density at radius 2 is 0.470 bits per heavy atom. The number of rotatable bonds is 66. The van der Waals surface area contributed by atoms with Crippen LogP contribution in [0.1, 0.15) is 367 Å². The summed E-state index contributed by atoms with van der Waals surface area (Å²) in [4.78, 5) is 38.3. The van der Waals surface area contributed by atoms with Crippen molar-refractivity contribution in [2.24, 2.45) is 0 Å². The van der Waals surface area contributed by atoms with Gasteiger partial charge in [0, 0.05) is 19.3 Å². The average molecular weight is 1160 g/mol. The zero-order chi connectivity index (χ0) is 59.9. The molecule has 1 atom stereocenters. The van der Waals surface area contributed by atoms with Crippen molar-refractivity contribution in [2.75, 3.05) is 13.2 Å². The highest BCUT2D eigenvalue weighted by Gasteiger charge is 2.19. The summed E-state index contributed by atoms with van der Waals surface area (Å²) in [7, 11) is 0. The molecule has 6 nitrogen and oxygen atoms in total. The molecule has 0 aliphatic rings. The van der Waals surface area contributed by atoms with Gasteiger partial charge in [-0.3, -0.25) is 14.4 Å². The molecule has 0 rings (SSSR count). The van der Waals surface area contributed by atoms with E-state index in [0.29, 0.717) is 19.3 Å². The van der Waals surface area contributed by atoms with Gasteiger partial charge in [0.2, 0.25) is 0 Å². The molecule has 0 aromatic rings. The Hall–Kier alpha value is -3.41. The van der Waals surface area contributed by atoms with E-state index < -0.39 is 6.10 Å². The molecule has 1 unspecified atom stereocenters. The number of unbranched alkanes of at least 4 members (excludes halogenated alkanes) is 41. The van der Waals surface area contributed by atoms with Crippen LogP contribution in [0.25, 0.3) is 0 Å². The second kappa shape index (κ2) is 71.1. The third-order valence-corrected chi connectivity index (χ3v) is 15.9.